The van der Waals surface area contributed by atoms with Crippen molar-refractivity contribution in [3.63, 3.8) is 0 Å². The number of aryl methyl sites for hydroxylation is 1. The van der Waals surface area contributed by atoms with Gasteiger partial charge in [0.1, 0.15) is 11.3 Å². The van der Waals surface area contributed by atoms with Crippen LogP contribution >= 0.6 is 28.1 Å². The lowest BCUT2D eigenvalue weighted by atomic mass is 10.2. The van der Waals surface area contributed by atoms with Crippen LogP contribution in [0.25, 0.3) is 0 Å². The molecule has 1 heterocycles. The Morgan fingerprint density at radius 3 is 2.89 bits per heavy atom. The first-order valence-electron chi connectivity index (χ1n) is 5.35. The van der Waals surface area contributed by atoms with Crippen molar-refractivity contribution in [2.24, 2.45) is 12.8 Å². The zero-order valence-corrected chi connectivity index (χ0v) is 12.4. The van der Waals surface area contributed by atoms with Crippen molar-refractivity contribution in [2.45, 2.75) is 6.54 Å². The van der Waals surface area contributed by atoms with E-state index in [9.17, 15) is 4.39 Å². The summed E-state index contributed by atoms with van der Waals surface area (Å²) >= 11 is 7.98. The third kappa shape index (κ3) is 3.07. The van der Waals surface area contributed by atoms with Crippen molar-refractivity contribution in [2.75, 3.05) is 5.32 Å². The summed E-state index contributed by atoms with van der Waals surface area (Å²) in [6, 6.07) is 3.24. The summed E-state index contributed by atoms with van der Waals surface area (Å²) in [5, 5.41) is 7.01. The average molecular weight is 344 g/mol. The van der Waals surface area contributed by atoms with Gasteiger partial charge in [-0.2, -0.15) is 5.10 Å². The van der Waals surface area contributed by atoms with Crippen LogP contribution in [0.3, 0.4) is 0 Å². The number of hydrogen-bond acceptors (Lipinski definition) is 4. The minimum atomic E-state index is -0.443. The lowest BCUT2D eigenvalue weighted by Gasteiger charge is -2.09. The number of nitrogens with zero attached hydrogens (tertiary/aromatic N) is 3. The summed E-state index contributed by atoms with van der Waals surface area (Å²) in [4.78, 5) is 4.19. The molecule has 0 spiro atoms. The smallest absolute Gasteiger partial charge is 0.169 e. The quantitative estimate of drug-likeness (QED) is 0.830. The number of nitrogens with two attached hydrogens (primary N) is 1. The van der Waals surface area contributed by atoms with Gasteiger partial charge in [0.15, 0.2) is 11.6 Å². The van der Waals surface area contributed by atoms with Gasteiger partial charge in [-0.05, 0) is 28.1 Å². The molecule has 8 heteroatoms. The van der Waals surface area contributed by atoms with Crippen LogP contribution in [0.5, 0.6) is 0 Å². The van der Waals surface area contributed by atoms with Gasteiger partial charge < -0.3 is 11.1 Å². The average Bonchev–Trinajstić information content (AvgIpc) is 2.76. The predicted molar refractivity (Wildman–Crippen MR) is 78.3 cm³/mol. The number of aromatic nitrogens is 3. The molecule has 1 aromatic carbocycles. The minimum absolute atomic E-state index is 0.142. The van der Waals surface area contributed by atoms with Crippen LogP contribution in [0.2, 0.25) is 0 Å². The molecule has 0 fully saturated rings. The van der Waals surface area contributed by atoms with Gasteiger partial charge in [-0.3, -0.25) is 4.68 Å². The van der Waals surface area contributed by atoms with Crippen LogP contribution in [0.1, 0.15) is 11.4 Å². The molecule has 0 atom stereocenters. The highest BCUT2D eigenvalue weighted by Gasteiger charge is 2.13. The van der Waals surface area contributed by atoms with Crippen LogP contribution < -0.4 is 11.1 Å². The first-order valence-corrected chi connectivity index (χ1v) is 6.55. The molecular weight excluding hydrogens is 333 g/mol. The number of nitrogens with one attached hydrogen (secondary N) is 1. The van der Waals surface area contributed by atoms with Crippen molar-refractivity contribution < 1.29 is 4.39 Å². The van der Waals surface area contributed by atoms with Gasteiger partial charge in [0.05, 0.1) is 16.7 Å². The summed E-state index contributed by atoms with van der Waals surface area (Å²) < 4.78 is 15.9. The molecule has 0 aliphatic heterocycles. The van der Waals surface area contributed by atoms with Crippen LogP contribution in [0.4, 0.5) is 10.1 Å². The molecule has 0 saturated heterocycles. The molecule has 0 radical (unpaired) electrons. The number of benzene rings is 1. The van der Waals surface area contributed by atoms with E-state index in [1.165, 1.54) is 0 Å². The van der Waals surface area contributed by atoms with Gasteiger partial charge in [0, 0.05) is 12.6 Å². The van der Waals surface area contributed by atoms with Crippen LogP contribution in [0.15, 0.2) is 22.9 Å². The molecule has 2 aromatic rings. The second-order valence-electron chi connectivity index (χ2n) is 3.84. The molecule has 0 bridgehead atoms. The Morgan fingerprint density at radius 1 is 1.58 bits per heavy atom. The monoisotopic (exact) mass is 343 g/mol. The van der Waals surface area contributed by atoms with E-state index in [-0.39, 0.29) is 9.46 Å². The van der Waals surface area contributed by atoms with Gasteiger partial charge in [-0.25, -0.2) is 9.37 Å². The zero-order chi connectivity index (χ0) is 14.0. The first-order chi connectivity index (χ1) is 8.99. The van der Waals surface area contributed by atoms with E-state index < -0.39 is 5.82 Å². The Hall–Kier alpha value is -1.54. The van der Waals surface area contributed by atoms with Crippen molar-refractivity contribution >= 4 is 38.8 Å². The number of hydrogen-bond donors (Lipinski definition) is 2. The summed E-state index contributed by atoms with van der Waals surface area (Å²) in [5.74, 6) is 0.137. The number of thiocarbonyl (C=S) groups is 1. The van der Waals surface area contributed by atoms with Crippen LogP contribution in [0, 0.1) is 5.82 Å². The van der Waals surface area contributed by atoms with Crippen molar-refractivity contribution in [1.82, 2.24) is 14.8 Å². The Bertz CT molecular complexity index is 628. The molecule has 0 saturated carbocycles. The van der Waals surface area contributed by atoms with Crippen LogP contribution in [-0.2, 0) is 13.6 Å². The van der Waals surface area contributed by atoms with E-state index in [2.05, 4.69) is 31.3 Å². The Labute approximate surface area is 123 Å². The molecule has 0 amide bonds. The zero-order valence-electron chi connectivity index (χ0n) is 10.0. The maximum Gasteiger partial charge on any atom is 0.169 e. The number of rotatable bonds is 4. The van der Waals surface area contributed by atoms with E-state index in [1.807, 2.05) is 0 Å². The fourth-order valence-corrected chi connectivity index (χ4v) is 2.38. The molecule has 100 valence electrons. The Morgan fingerprint density at radius 2 is 2.32 bits per heavy atom. The van der Waals surface area contributed by atoms with Gasteiger partial charge >= 0.3 is 0 Å². The highest BCUT2D eigenvalue weighted by atomic mass is 79.9. The number of halogens is 2. The second kappa shape index (κ2) is 5.62. The lowest BCUT2D eigenvalue weighted by molar-refractivity contribution is 0.622. The molecular formula is C11H11BrFN5S. The highest BCUT2D eigenvalue weighted by Crippen LogP contribution is 2.27. The van der Waals surface area contributed by atoms with Crippen molar-refractivity contribution in [3.05, 3.63) is 40.1 Å². The summed E-state index contributed by atoms with van der Waals surface area (Å²) in [6.07, 6.45) is 1.58. The fourth-order valence-electron chi connectivity index (χ4n) is 1.52. The second-order valence-corrected chi connectivity index (χ2v) is 5.07. The van der Waals surface area contributed by atoms with Gasteiger partial charge in [-0.15, -0.1) is 0 Å². The predicted octanol–water partition coefficient (Wildman–Crippen LogP) is 1.96. The van der Waals surface area contributed by atoms with E-state index >= 15 is 0 Å². The maximum atomic E-state index is 14.1. The Kier molecular flexibility index (Phi) is 4.11. The standard InChI is InChI=1S/C11H11BrFN5S/c1-18-5-16-8(17-18)4-15-7-3-2-6(11(14)19)9(12)10(7)13/h2-3,5,15H,4H2,1H3,(H2,14,19). The molecule has 2 rings (SSSR count). The molecule has 1 aromatic heterocycles. The van der Waals surface area contributed by atoms with Crippen molar-refractivity contribution in [3.8, 4) is 0 Å². The molecule has 19 heavy (non-hydrogen) atoms. The third-order valence-corrected chi connectivity index (χ3v) is 3.43. The highest BCUT2D eigenvalue weighted by molar-refractivity contribution is 9.10. The topological polar surface area (TPSA) is 68.8 Å². The lowest BCUT2D eigenvalue weighted by Crippen LogP contribution is -2.12. The van der Waals surface area contributed by atoms with E-state index in [4.69, 9.17) is 18.0 Å². The molecule has 3 N–H and O–H groups in total. The molecule has 0 unspecified atom stereocenters. The SMILES string of the molecule is Cn1cnc(CNc2ccc(C(N)=S)c(Br)c2F)n1. The van der Waals surface area contributed by atoms with Gasteiger partial charge in [0.25, 0.3) is 0 Å². The minimum Gasteiger partial charge on any atom is -0.389 e. The third-order valence-electron chi connectivity index (χ3n) is 2.43. The normalized spacial score (nSPS) is 10.5. The largest absolute Gasteiger partial charge is 0.389 e. The van der Waals surface area contributed by atoms with E-state index in [0.717, 1.165) is 0 Å². The summed E-state index contributed by atoms with van der Waals surface area (Å²) in [6.45, 7) is 0.330. The Balaban J connectivity index is 2.17. The van der Waals surface area contributed by atoms with Gasteiger partial charge in [0.2, 0.25) is 0 Å². The first kappa shape index (κ1) is 13.9. The molecule has 5 nitrogen and oxygen atoms in total. The van der Waals surface area contributed by atoms with Gasteiger partial charge in [-0.1, -0.05) is 12.2 Å². The summed E-state index contributed by atoms with van der Waals surface area (Å²) in [7, 11) is 1.77. The summed E-state index contributed by atoms with van der Waals surface area (Å²) in [5.41, 5.74) is 6.29. The number of anilines is 1. The maximum absolute atomic E-state index is 14.1. The molecule has 0 aliphatic carbocycles. The van der Waals surface area contributed by atoms with E-state index in [1.54, 1.807) is 30.2 Å². The van der Waals surface area contributed by atoms with E-state index in [0.29, 0.717) is 23.6 Å². The van der Waals surface area contributed by atoms with Crippen LogP contribution in [-0.4, -0.2) is 19.8 Å². The molecule has 0 aliphatic rings. The fraction of sp³-hybridized carbons (Fsp3) is 0.182. The van der Waals surface area contributed by atoms with Crippen molar-refractivity contribution in [1.29, 1.82) is 0 Å².